The van der Waals surface area contributed by atoms with E-state index in [1.165, 1.54) is 6.20 Å². The number of benzene rings is 1. The number of ether oxygens (including phenoxy) is 1. The van der Waals surface area contributed by atoms with Crippen LogP contribution < -0.4 is 10.1 Å². The first-order valence-corrected chi connectivity index (χ1v) is 10.8. The number of carbonyl (C=O) groups is 1. The fourth-order valence-electron chi connectivity index (χ4n) is 4.56. The molecule has 31 heavy (non-hydrogen) atoms. The summed E-state index contributed by atoms with van der Waals surface area (Å²) in [7, 11) is 1.63. The zero-order valence-corrected chi connectivity index (χ0v) is 18.0. The van der Waals surface area contributed by atoms with Crippen LogP contribution in [0.3, 0.4) is 0 Å². The fraction of sp³-hybridized carbons (Fsp3) is 0.360. The Kier molecular flexibility index (Phi) is 6.35. The normalized spacial score (nSPS) is 18.5. The molecular weight excluding hydrogens is 393 g/mol. The summed E-state index contributed by atoms with van der Waals surface area (Å²) in [5, 5.41) is 3.11. The Bertz CT molecular complexity index is 1050. The second-order valence-corrected chi connectivity index (χ2v) is 8.27. The third-order valence-corrected chi connectivity index (χ3v) is 6.21. The van der Waals surface area contributed by atoms with E-state index in [1.54, 1.807) is 19.4 Å². The molecule has 162 valence electrons. The number of H-pyrrole nitrogens is 1. The van der Waals surface area contributed by atoms with Crippen LogP contribution in [0.25, 0.3) is 11.3 Å². The quantitative estimate of drug-likeness (QED) is 0.572. The zero-order valence-electron chi connectivity index (χ0n) is 18.0. The van der Waals surface area contributed by atoms with Gasteiger partial charge in [-0.15, -0.1) is 0 Å². The lowest BCUT2D eigenvalue weighted by Crippen LogP contribution is -2.31. The minimum absolute atomic E-state index is 0.0902. The molecule has 1 amide bonds. The summed E-state index contributed by atoms with van der Waals surface area (Å²) >= 11 is 0. The lowest BCUT2D eigenvalue weighted by molar-refractivity contribution is 0.0943. The number of pyridine rings is 1. The van der Waals surface area contributed by atoms with Crippen LogP contribution in [0.4, 0.5) is 4.39 Å². The molecule has 1 aliphatic rings. The summed E-state index contributed by atoms with van der Waals surface area (Å²) < 4.78 is 19.5. The molecule has 1 saturated carbocycles. The van der Waals surface area contributed by atoms with Crippen LogP contribution in [-0.2, 0) is 0 Å². The topological polar surface area (TPSA) is 67.0 Å². The van der Waals surface area contributed by atoms with E-state index >= 15 is 0 Å². The Morgan fingerprint density at radius 3 is 2.74 bits per heavy atom. The van der Waals surface area contributed by atoms with Crippen molar-refractivity contribution in [3.63, 3.8) is 0 Å². The number of amides is 1. The summed E-state index contributed by atoms with van der Waals surface area (Å²) in [4.78, 5) is 20.1. The number of para-hydroxylation sites is 1. The number of aromatic amines is 1. The third-order valence-electron chi connectivity index (χ3n) is 6.21. The van der Waals surface area contributed by atoms with E-state index in [0.29, 0.717) is 18.0 Å². The van der Waals surface area contributed by atoms with Gasteiger partial charge in [0, 0.05) is 24.0 Å². The molecular formula is C25H28FN3O2. The predicted octanol–water partition coefficient (Wildman–Crippen LogP) is 5.24. The first-order chi connectivity index (χ1) is 15.1. The van der Waals surface area contributed by atoms with Crippen molar-refractivity contribution in [2.75, 3.05) is 13.7 Å². The summed E-state index contributed by atoms with van der Waals surface area (Å²) in [5.74, 6) is 1.05. The number of hydrogen-bond acceptors (Lipinski definition) is 3. The molecule has 0 aliphatic heterocycles. The Morgan fingerprint density at radius 1 is 1.23 bits per heavy atom. The Labute approximate surface area is 182 Å². The van der Waals surface area contributed by atoms with Crippen LogP contribution in [0, 0.1) is 18.7 Å². The monoisotopic (exact) mass is 421 g/mol. The van der Waals surface area contributed by atoms with E-state index < -0.39 is 0 Å². The molecule has 0 unspecified atom stereocenters. The van der Waals surface area contributed by atoms with Gasteiger partial charge in [-0.3, -0.25) is 9.78 Å². The highest BCUT2D eigenvalue weighted by Gasteiger charge is 2.25. The summed E-state index contributed by atoms with van der Waals surface area (Å²) in [6.45, 7) is 2.56. The molecule has 2 heterocycles. The Hall–Kier alpha value is -3.15. The van der Waals surface area contributed by atoms with Gasteiger partial charge in [-0.05, 0) is 74.3 Å². The molecule has 0 bridgehead atoms. The Morgan fingerprint density at radius 2 is 2.00 bits per heavy atom. The maximum atomic E-state index is 14.0. The maximum absolute atomic E-state index is 14.0. The first kappa shape index (κ1) is 21.1. The molecule has 2 aromatic heterocycles. The van der Waals surface area contributed by atoms with Gasteiger partial charge < -0.3 is 15.0 Å². The fourth-order valence-corrected chi connectivity index (χ4v) is 4.56. The lowest BCUT2D eigenvalue weighted by atomic mass is 9.79. The molecule has 0 saturated heterocycles. The third kappa shape index (κ3) is 4.63. The molecule has 1 aliphatic carbocycles. The number of nitrogens with zero attached hydrogens (tertiary/aromatic N) is 1. The van der Waals surface area contributed by atoms with Gasteiger partial charge in [-0.25, -0.2) is 4.39 Å². The van der Waals surface area contributed by atoms with E-state index in [0.717, 1.165) is 53.9 Å². The number of aryl methyl sites for hydroxylation is 1. The van der Waals surface area contributed by atoms with Gasteiger partial charge in [0.25, 0.3) is 5.91 Å². The van der Waals surface area contributed by atoms with Crippen LogP contribution in [0.15, 0.2) is 48.8 Å². The molecule has 0 spiro atoms. The molecule has 1 fully saturated rings. The van der Waals surface area contributed by atoms with E-state index in [4.69, 9.17) is 4.74 Å². The second-order valence-electron chi connectivity index (χ2n) is 8.27. The van der Waals surface area contributed by atoms with Crippen molar-refractivity contribution in [3.05, 3.63) is 71.4 Å². The van der Waals surface area contributed by atoms with Crippen LogP contribution in [0.1, 0.15) is 53.2 Å². The van der Waals surface area contributed by atoms with Crippen LogP contribution in [0.5, 0.6) is 5.75 Å². The zero-order chi connectivity index (χ0) is 21.8. The van der Waals surface area contributed by atoms with Crippen LogP contribution >= 0.6 is 0 Å². The minimum atomic E-state index is -0.217. The number of rotatable bonds is 6. The van der Waals surface area contributed by atoms with Crippen molar-refractivity contribution in [2.24, 2.45) is 5.92 Å². The van der Waals surface area contributed by atoms with Crippen molar-refractivity contribution in [1.82, 2.24) is 15.3 Å². The minimum Gasteiger partial charge on any atom is -0.496 e. The molecule has 5 nitrogen and oxygen atoms in total. The van der Waals surface area contributed by atoms with Gasteiger partial charge in [0.1, 0.15) is 11.6 Å². The van der Waals surface area contributed by atoms with Crippen molar-refractivity contribution in [2.45, 2.75) is 38.5 Å². The molecule has 6 heteroatoms. The number of halogens is 1. The predicted molar refractivity (Wildman–Crippen MR) is 119 cm³/mol. The van der Waals surface area contributed by atoms with E-state index in [-0.39, 0.29) is 17.6 Å². The highest BCUT2D eigenvalue weighted by Crippen LogP contribution is 2.36. The largest absolute Gasteiger partial charge is 0.496 e. The first-order valence-electron chi connectivity index (χ1n) is 10.8. The van der Waals surface area contributed by atoms with E-state index in [2.05, 4.69) is 15.3 Å². The summed E-state index contributed by atoms with van der Waals surface area (Å²) in [6.07, 6.45) is 6.74. The molecule has 1 aromatic carbocycles. The number of hydrogen-bond donors (Lipinski definition) is 2. The van der Waals surface area contributed by atoms with Gasteiger partial charge >= 0.3 is 0 Å². The molecule has 4 rings (SSSR count). The molecule has 0 atom stereocenters. The van der Waals surface area contributed by atoms with Crippen LogP contribution in [0.2, 0.25) is 0 Å². The highest BCUT2D eigenvalue weighted by atomic mass is 19.1. The van der Waals surface area contributed by atoms with Gasteiger partial charge in [0.15, 0.2) is 0 Å². The van der Waals surface area contributed by atoms with Crippen LogP contribution in [-0.4, -0.2) is 29.5 Å². The van der Waals surface area contributed by atoms with Crippen molar-refractivity contribution >= 4 is 5.91 Å². The number of nitrogens with one attached hydrogen (secondary N) is 2. The van der Waals surface area contributed by atoms with E-state index in [1.807, 2.05) is 37.3 Å². The van der Waals surface area contributed by atoms with Gasteiger partial charge in [-0.2, -0.15) is 0 Å². The van der Waals surface area contributed by atoms with Gasteiger partial charge in [-0.1, -0.05) is 12.1 Å². The van der Waals surface area contributed by atoms with Crippen molar-refractivity contribution in [1.29, 1.82) is 0 Å². The molecule has 0 radical (unpaired) electrons. The van der Waals surface area contributed by atoms with Gasteiger partial charge in [0.05, 0.1) is 24.6 Å². The van der Waals surface area contributed by atoms with Gasteiger partial charge in [0.2, 0.25) is 0 Å². The SMILES string of the molecule is COc1ccccc1-c1[nH]c(C)cc1C(=O)NCC1CCC(c2ccncc2F)CC1. The Balaban J connectivity index is 1.39. The number of carbonyl (C=O) groups excluding carboxylic acids is 1. The molecule has 3 aromatic rings. The second kappa shape index (κ2) is 9.33. The van der Waals surface area contributed by atoms with Crippen molar-refractivity contribution in [3.8, 4) is 17.0 Å². The standard InChI is InChI=1S/C25H28FN3O2/c1-16-13-21(24(29-16)20-5-3-4-6-23(20)31-2)25(30)28-14-17-7-9-18(10-8-17)19-11-12-27-15-22(19)26/h3-6,11-13,15,17-18,29H,7-10,14H2,1-2H3,(H,28,30). The summed E-state index contributed by atoms with van der Waals surface area (Å²) in [6, 6.07) is 11.3. The average Bonchev–Trinajstić information content (AvgIpc) is 3.20. The lowest BCUT2D eigenvalue weighted by Gasteiger charge is -2.29. The number of aromatic nitrogens is 2. The van der Waals surface area contributed by atoms with E-state index in [9.17, 15) is 9.18 Å². The summed E-state index contributed by atoms with van der Waals surface area (Å²) in [5.41, 5.74) is 3.94. The average molecular weight is 422 g/mol. The smallest absolute Gasteiger partial charge is 0.253 e. The number of methoxy groups -OCH3 is 1. The molecule has 2 N–H and O–H groups in total. The van der Waals surface area contributed by atoms with Crippen molar-refractivity contribution < 1.29 is 13.9 Å². The highest BCUT2D eigenvalue weighted by molar-refractivity contribution is 6.01. The maximum Gasteiger partial charge on any atom is 0.253 e.